The number of benzene rings is 7. The second kappa shape index (κ2) is 13.7. The SMILES string of the molecule is Cc1cc(N(c2ccc(-c3ccccc3)cc2)c2ccc3c(c2)C(C)(C)C2=C3C[C@@H](C)C(c3ccc4c(c3)-c3ccccc3CS4)=C2)ccc1-c1ccccc1. The summed E-state index contributed by atoms with van der Waals surface area (Å²) in [6, 6.07) is 60.7. The number of hydrogen-bond acceptors (Lipinski definition) is 2. The minimum Gasteiger partial charge on any atom is -0.310 e. The number of thioether (sulfide) groups is 1. The molecular formula is C54H45NS. The molecule has 3 aliphatic rings. The average molecular weight is 740 g/mol. The summed E-state index contributed by atoms with van der Waals surface area (Å²) in [4.78, 5) is 3.83. The lowest BCUT2D eigenvalue weighted by molar-refractivity contribution is 0.646. The monoisotopic (exact) mass is 739 g/mol. The van der Waals surface area contributed by atoms with Crippen LogP contribution < -0.4 is 4.90 Å². The summed E-state index contributed by atoms with van der Waals surface area (Å²) in [6.07, 6.45) is 3.60. The summed E-state index contributed by atoms with van der Waals surface area (Å²) >= 11 is 1.96. The van der Waals surface area contributed by atoms with Crippen LogP contribution in [0.3, 0.4) is 0 Å². The van der Waals surface area contributed by atoms with Crippen molar-refractivity contribution in [3.63, 3.8) is 0 Å². The molecule has 1 atom stereocenters. The van der Waals surface area contributed by atoms with Crippen molar-refractivity contribution in [2.24, 2.45) is 5.92 Å². The van der Waals surface area contributed by atoms with Gasteiger partial charge in [-0.3, -0.25) is 0 Å². The maximum Gasteiger partial charge on any atom is 0.0465 e. The fraction of sp³-hybridized carbons (Fsp3) is 0.148. The van der Waals surface area contributed by atoms with E-state index in [1.54, 1.807) is 0 Å². The molecule has 1 nitrogen and oxygen atoms in total. The Hall–Kier alpha value is -5.83. The molecule has 0 amide bonds. The molecule has 1 aliphatic heterocycles. The number of fused-ring (bicyclic) bond motifs is 5. The van der Waals surface area contributed by atoms with Crippen molar-refractivity contribution in [2.45, 2.75) is 50.2 Å². The van der Waals surface area contributed by atoms with Gasteiger partial charge < -0.3 is 4.90 Å². The third-order valence-electron chi connectivity index (χ3n) is 12.4. The minimum absolute atomic E-state index is 0.140. The topological polar surface area (TPSA) is 3.24 Å². The molecule has 2 heteroatoms. The smallest absolute Gasteiger partial charge is 0.0465 e. The number of aryl methyl sites for hydroxylation is 1. The van der Waals surface area contributed by atoms with Crippen LogP contribution in [0.15, 0.2) is 180 Å². The van der Waals surface area contributed by atoms with Crippen molar-refractivity contribution in [3.05, 3.63) is 203 Å². The van der Waals surface area contributed by atoms with Crippen molar-refractivity contribution in [1.82, 2.24) is 0 Å². The number of allylic oxidation sites excluding steroid dienone is 4. The molecule has 0 spiro atoms. The first kappa shape index (κ1) is 34.6. The van der Waals surface area contributed by atoms with E-state index in [1.165, 1.54) is 88.5 Å². The molecule has 0 saturated carbocycles. The zero-order valence-corrected chi connectivity index (χ0v) is 33.3. The van der Waals surface area contributed by atoms with E-state index < -0.39 is 0 Å². The summed E-state index contributed by atoms with van der Waals surface area (Å²) in [6.45, 7) is 9.51. The lowest BCUT2D eigenvalue weighted by atomic mass is 9.75. The van der Waals surface area contributed by atoms with Crippen LogP contribution in [0, 0.1) is 12.8 Å². The second-order valence-corrected chi connectivity index (χ2v) is 17.2. The van der Waals surface area contributed by atoms with E-state index in [-0.39, 0.29) is 5.41 Å². The molecule has 56 heavy (non-hydrogen) atoms. The molecule has 0 aromatic heterocycles. The van der Waals surface area contributed by atoms with Gasteiger partial charge in [0.2, 0.25) is 0 Å². The van der Waals surface area contributed by atoms with Gasteiger partial charge in [0.15, 0.2) is 0 Å². The number of nitrogens with zero attached hydrogens (tertiary/aromatic N) is 1. The summed E-state index contributed by atoms with van der Waals surface area (Å²) in [5.41, 5.74) is 22.3. The Bertz CT molecular complexity index is 2700. The van der Waals surface area contributed by atoms with E-state index in [2.05, 4.69) is 202 Å². The molecule has 7 aromatic carbocycles. The Morgan fingerprint density at radius 2 is 1.18 bits per heavy atom. The van der Waals surface area contributed by atoms with Crippen LogP contribution in [-0.4, -0.2) is 0 Å². The third-order valence-corrected chi connectivity index (χ3v) is 13.5. The van der Waals surface area contributed by atoms with Crippen LogP contribution in [-0.2, 0) is 11.2 Å². The van der Waals surface area contributed by atoms with Gasteiger partial charge in [0, 0.05) is 33.1 Å². The molecule has 1 heterocycles. The quantitative estimate of drug-likeness (QED) is 0.167. The summed E-state index contributed by atoms with van der Waals surface area (Å²) < 4.78 is 0. The first-order chi connectivity index (χ1) is 27.3. The molecule has 272 valence electrons. The van der Waals surface area contributed by atoms with E-state index in [4.69, 9.17) is 0 Å². The van der Waals surface area contributed by atoms with Crippen LogP contribution in [0.25, 0.3) is 44.5 Å². The number of anilines is 3. The standard InChI is InChI=1S/C54H45NS/c1-35-29-43(24-26-45(35)39-15-9-6-10-16-39)55(42-22-19-38(20-23-42)37-13-7-5-8-14-37)44-25-27-47-49-30-36(2)48(33-52(49)54(3,4)51(47)32-44)40-21-28-53-50(31-40)46-18-12-11-17-41(46)34-56-53/h5-29,31-33,36H,30,34H2,1-4H3/t36-/m1/s1. The minimum atomic E-state index is -0.140. The molecule has 2 aliphatic carbocycles. The highest BCUT2D eigenvalue weighted by molar-refractivity contribution is 7.98. The zero-order valence-electron chi connectivity index (χ0n) is 32.5. The molecular weight excluding hydrogens is 695 g/mol. The third kappa shape index (κ3) is 5.87. The molecule has 0 saturated heterocycles. The van der Waals surface area contributed by atoms with Gasteiger partial charge in [0.25, 0.3) is 0 Å². The Balaban J connectivity index is 1.05. The van der Waals surface area contributed by atoms with E-state index in [0.717, 1.165) is 23.5 Å². The Labute approximate surface area is 336 Å². The zero-order chi connectivity index (χ0) is 38.0. The van der Waals surface area contributed by atoms with E-state index >= 15 is 0 Å². The molecule has 0 unspecified atom stereocenters. The maximum atomic E-state index is 2.55. The van der Waals surface area contributed by atoms with Crippen LogP contribution >= 0.6 is 11.8 Å². The van der Waals surface area contributed by atoms with Crippen LogP contribution in [0.4, 0.5) is 17.1 Å². The molecule has 0 N–H and O–H groups in total. The highest BCUT2D eigenvalue weighted by atomic mass is 32.2. The Morgan fingerprint density at radius 3 is 1.93 bits per heavy atom. The Morgan fingerprint density at radius 1 is 0.554 bits per heavy atom. The van der Waals surface area contributed by atoms with Crippen LogP contribution in [0.2, 0.25) is 0 Å². The molecule has 0 fully saturated rings. The maximum absolute atomic E-state index is 2.55. The predicted molar refractivity (Wildman–Crippen MR) is 240 cm³/mol. The first-order valence-electron chi connectivity index (χ1n) is 19.9. The average Bonchev–Trinajstić information content (AvgIpc) is 3.45. The normalized spacial score (nSPS) is 16.4. The predicted octanol–water partition coefficient (Wildman–Crippen LogP) is 15.2. The number of hydrogen-bond donors (Lipinski definition) is 0. The summed E-state index contributed by atoms with van der Waals surface area (Å²) in [7, 11) is 0. The molecule has 0 radical (unpaired) electrons. The van der Waals surface area contributed by atoms with Gasteiger partial charge in [0.05, 0.1) is 0 Å². The Kier molecular flexibility index (Phi) is 8.49. The fourth-order valence-corrected chi connectivity index (χ4v) is 10.5. The lowest BCUT2D eigenvalue weighted by Gasteiger charge is -2.30. The van der Waals surface area contributed by atoms with E-state index in [9.17, 15) is 0 Å². The van der Waals surface area contributed by atoms with Gasteiger partial charge in [-0.05, 0) is 146 Å². The van der Waals surface area contributed by atoms with Gasteiger partial charge in [-0.2, -0.15) is 0 Å². The van der Waals surface area contributed by atoms with Gasteiger partial charge in [-0.15, -0.1) is 11.8 Å². The van der Waals surface area contributed by atoms with Crippen LogP contribution in [0.1, 0.15) is 55.0 Å². The van der Waals surface area contributed by atoms with E-state index in [1.807, 2.05) is 11.8 Å². The van der Waals surface area contributed by atoms with Crippen molar-refractivity contribution in [3.8, 4) is 33.4 Å². The van der Waals surface area contributed by atoms with Gasteiger partial charge in [-0.1, -0.05) is 142 Å². The molecule has 0 bridgehead atoms. The molecule has 10 rings (SSSR count). The highest BCUT2D eigenvalue weighted by Gasteiger charge is 2.40. The van der Waals surface area contributed by atoms with Crippen molar-refractivity contribution < 1.29 is 0 Å². The largest absolute Gasteiger partial charge is 0.310 e. The highest BCUT2D eigenvalue weighted by Crippen LogP contribution is 2.55. The van der Waals surface area contributed by atoms with Crippen molar-refractivity contribution >= 4 is 40.0 Å². The second-order valence-electron chi connectivity index (χ2n) is 16.2. The molecule has 7 aromatic rings. The van der Waals surface area contributed by atoms with Gasteiger partial charge in [-0.25, -0.2) is 0 Å². The van der Waals surface area contributed by atoms with Crippen molar-refractivity contribution in [2.75, 3.05) is 4.90 Å². The first-order valence-corrected chi connectivity index (χ1v) is 20.9. The summed E-state index contributed by atoms with van der Waals surface area (Å²) in [5.74, 6) is 1.46. The van der Waals surface area contributed by atoms with Crippen molar-refractivity contribution in [1.29, 1.82) is 0 Å². The van der Waals surface area contributed by atoms with Crippen LogP contribution in [0.5, 0.6) is 0 Å². The summed E-state index contributed by atoms with van der Waals surface area (Å²) in [5, 5.41) is 0. The number of rotatable bonds is 6. The fourth-order valence-electron chi connectivity index (χ4n) is 9.41. The lowest BCUT2D eigenvalue weighted by Crippen LogP contribution is -2.19. The van der Waals surface area contributed by atoms with Gasteiger partial charge >= 0.3 is 0 Å². The van der Waals surface area contributed by atoms with Gasteiger partial charge in [0.1, 0.15) is 0 Å². The van der Waals surface area contributed by atoms with E-state index in [0.29, 0.717) is 5.92 Å².